The van der Waals surface area contributed by atoms with Gasteiger partial charge in [0, 0.05) is 24.8 Å². The Balaban J connectivity index is 1.46. The molecule has 0 bridgehead atoms. The van der Waals surface area contributed by atoms with Gasteiger partial charge in [-0.2, -0.15) is 0 Å². The molecule has 0 spiro atoms. The van der Waals surface area contributed by atoms with Crippen molar-refractivity contribution in [3.63, 3.8) is 0 Å². The number of carbonyl (C=O) groups is 4. The molecule has 4 atom stereocenters. The Bertz CT molecular complexity index is 1180. The van der Waals surface area contributed by atoms with E-state index >= 15 is 0 Å². The molecule has 11 heteroatoms. The third kappa shape index (κ3) is 2.86. The normalized spacial score (nSPS) is 29.2. The van der Waals surface area contributed by atoms with E-state index < -0.39 is 41.4 Å². The van der Waals surface area contributed by atoms with Crippen molar-refractivity contribution in [3.05, 3.63) is 58.4 Å². The van der Waals surface area contributed by atoms with Crippen LogP contribution < -0.4 is 11.5 Å². The molecule has 178 valence electrons. The number of hydrogen-bond acceptors (Lipinski definition) is 9. The molecule has 2 fully saturated rings. The highest BCUT2D eigenvalue weighted by atomic mass is 16.6. The maximum absolute atomic E-state index is 13.2. The Kier molecular flexibility index (Phi) is 4.90. The quantitative estimate of drug-likeness (QED) is 0.461. The maximum Gasteiger partial charge on any atom is 0.410 e. The van der Waals surface area contributed by atoms with Crippen LogP contribution in [0.5, 0.6) is 0 Å². The maximum atomic E-state index is 13.2. The smallest absolute Gasteiger partial charge is 0.410 e. The summed E-state index contributed by atoms with van der Waals surface area (Å²) in [5, 5.41) is 0. The number of Topliss-reactive ketones (excluding diaryl/α,β-unsaturated/α-hetero) is 2. The van der Waals surface area contributed by atoms with Gasteiger partial charge in [0.05, 0.1) is 23.4 Å². The Labute approximate surface area is 194 Å². The number of piperazine rings is 1. The molecule has 1 aromatic carbocycles. The lowest BCUT2D eigenvalue weighted by atomic mass is 9.82. The number of rotatable bonds is 5. The summed E-state index contributed by atoms with van der Waals surface area (Å²) in [6.45, 7) is 1.51. The van der Waals surface area contributed by atoms with Crippen molar-refractivity contribution in [1.82, 2.24) is 9.80 Å². The van der Waals surface area contributed by atoms with Crippen LogP contribution in [0, 0.1) is 5.92 Å². The zero-order valence-corrected chi connectivity index (χ0v) is 18.6. The number of ether oxygens (including phenoxy) is 3. The van der Waals surface area contributed by atoms with E-state index in [9.17, 15) is 19.2 Å². The Morgan fingerprint density at radius 2 is 1.85 bits per heavy atom. The SMILES string of the molecule is CO[C@@]12[C@H](COC(N)=O)C3=C(C(=O)C(C)=C(N)C3=O)N1C[C@H]1[C@@H]2N1C(=O)OCc1ccccc1. The van der Waals surface area contributed by atoms with E-state index in [2.05, 4.69) is 0 Å². The molecule has 1 aromatic rings. The van der Waals surface area contributed by atoms with Crippen molar-refractivity contribution in [2.75, 3.05) is 20.3 Å². The number of hydrogen-bond donors (Lipinski definition) is 2. The van der Waals surface area contributed by atoms with Crippen LogP contribution in [0.15, 0.2) is 52.9 Å². The first-order valence-electron chi connectivity index (χ1n) is 10.8. The zero-order valence-electron chi connectivity index (χ0n) is 18.6. The standard InChI is InChI=1S/C23H24N4O7/c1-11-16(24)19(29)15-13(10-33-21(25)30)23(32-2)20-14(8-26(23)17(15)18(11)28)27(20)22(31)34-9-12-6-4-3-5-7-12/h3-7,13-14,20H,8-10,24H2,1-2H3,(H2,25,30)/t13-,14+,20+,23-,27?/m1/s1. The van der Waals surface area contributed by atoms with E-state index in [1.54, 1.807) is 4.90 Å². The second-order valence-corrected chi connectivity index (χ2v) is 8.67. The van der Waals surface area contributed by atoms with Crippen molar-refractivity contribution >= 4 is 23.8 Å². The van der Waals surface area contributed by atoms with Crippen LogP contribution in [0.1, 0.15) is 12.5 Å². The first-order chi connectivity index (χ1) is 16.2. The van der Waals surface area contributed by atoms with E-state index in [4.69, 9.17) is 25.7 Å². The van der Waals surface area contributed by atoms with Crippen molar-refractivity contribution in [3.8, 4) is 0 Å². The molecule has 3 heterocycles. The number of carbonyl (C=O) groups excluding carboxylic acids is 4. The summed E-state index contributed by atoms with van der Waals surface area (Å²) in [5.74, 6) is -1.80. The third-order valence-corrected chi connectivity index (χ3v) is 7.10. The number of nitrogens with two attached hydrogens (primary N) is 2. The van der Waals surface area contributed by atoms with Gasteiger partial charge < -0.3 is 30.6 Å². The molecule has 5 rings (SSSR count). The van der Waals surface area contributed by atoms with Gasteiger partial charge in [-0.3, -0.25) is 14.5 Å². The Morgan fingerprint density at radius 1 is 1.15 bits per heavy atom. The lowest BCUT2D eigenvalue weighted by Crippen LogP contribution is -2.56. The average molecular weight is 468 g/mol. The van der Waals surface area contributed by atoms with Crippen LogP contribution in [0.4, 0.5) is 9.59 Å². The molecule has 4 aliphatic rings. The molecule has 2 amide bonds. The summed E-state index contributed by atoms with van der Waals surface area (Å²) in [6.07, 6.45) is -1.58. The number of ketones is 2. The topological polar surface area (TPSA) is 154 Å². The molecule has 0 unspecified atom stereocenters. The van der Waals surface area contributed by atoms with E-state index in [1.807, 2.05) is 30.3 Å². The summed E-state index contributed by atoms with van der Waals surface area (Å²) < 4.78 is 16.5. The lowest BCUT2D eigenvalue weighted by molar-refractivity contribution is -0.144. The Hall–Kier alpha value is -3.86. The molecule has 0 radical (unpaired) electrons. The van der Waals surface area contributed by atoms with Gasteiger partial charge >= 0.3 is 12.2 Å². The van der Waals surface area contributed by atoms with Gasteiger partial charge in [0.25, 0.3) is 0 Å². The summed E-state index contributed by atoms with van der Waals surface area (Å²) in [4.78, 5) is 53.8. The van der Waals surface area contributed by atoms with Crippen LogP contribution in [0.3, 0.4) is 0 Å². The number of benzene rings is 1. The molecule has 11 nitrogen and oxygen atoms in total. The molecule has 4 N–H and O–H groups in total. The molecule has 3 aliphatic heterocycles. The van der Waals surface area contributed by atoms with Crippen molar-refractivity contribution < 1.29 is 33.4 Å². The van der Waals surface area contributed by atoms with E-state index in [-0.39, 0.29) is 48.3 Å². The van der Waals surface area contributed by atoms with E-state index in [0.717, 1.165) is 5.56 Å². The monoisotopic (exact) mass is 468 g/mol. The van der Waals surface area contributed by atoms with Crippen LogP contribution in [0.2, 0.25) is 0 Å². The highest BCUT2D eigenvalue weighted by Crippen LogP contribution is 2.59. The molecule has 1 aliphatic carbocycles. The van der Waals surface area contributed by atoms with Gasteiger partial charge in [-0.05, 0) is 12.5 Å². The number of nitrogens with zero attached hydrogens (tertiary/aromatic N) is 2. The second-order valence-electron chi connectivity index (χ2n) is 8.67. The minimum atomic E-state index is -1.31. The van der Waals surface area contributed by atoms with Crippen LogP contribution in [-0.2, 0) is 30.4 Å². The molecule has 2 saturated heterocycles. The number of allylic oxidation sites excluding steroid dienone is 2. The number of fused-ring (bicyclic) bond motifs is 4. The highest BCUT2D eigenvalue weighted by molar-refractivity contribution is 6.25. The summed E-state index contributed by atoms with van der Waals surface area (Å²) in [5.41, 5.74) is 10.9. The number of primary amides is 1. The van der Waals surface area contributed by atoms with Gasteiger partial charge in [0.1, 0.15) is 19.3 Å². The summed E-state index contributed by atoms with van der Waals surface area (Å²) >= 11 is 0. The van der Waals surface area contributed by atoms with Gasteiger partial charge in [-0.1, -0.05) is 30.3 Å². The predicted octanol–water partition coefficient (Wildman–Crippen LogP) is 0.398. The first kappa shape index (κ1) is 22.0. The Morgan fingerprint density at radius 3 is 2.50 bits per heavy atom. The van der Waals surface area contributed by atoms with Crippen molar-refractivity contribution in [1.29, 1.82) is 0 Å². The fourth-order valence-electron chi connectivity index (χ4n) is 5.52. The third-order valence-electron chi connectivity index (χ3n) is 7.10. The largest absolute Gasteiger partial charge is 0.449 e. The van der Waals surface area contributed by atoms with E-state index in [0.29, 0.717) is 0 Å². The van der Waals surface area contributed by atoms with Gasteiger partial charge in [-0.25, -0.2) is 9.59 Å². The fourth-order valence-corrected chi connectivity index (χ4v) is 5.52. The van der Waals surface area contributed by atoms with Crippen LogP contribution in [-0.4, -0.2) is 71.6 Å². The van der Waals surface area contributed by atoms with Gasteiger partial charge in [0.15, 0.2) is 5.72 Å². The fraction of sp³-hybridized carbons (Fsp3) is 0.391. The van der Waals surface area contributed by atoms with E-state index in [1.165, 1.54) is 18.9 Å². The predicted molar refractivity (Wildman–Crippen MR) is 115 cm³/mol. The molecule has 34 heavy (non-hydrogen) atoms. The summed E-state index contributed by atoms with van der Waals surface area (Å²) in [7, 11) is 1.43. The number of methoxy groups -OCH3 is 1. The van der Waals surface area contributed by atoms with Gasteiger partial charge in [0.2, 0.25) is 11.6 Å². The second kappa shape index (κ2) is 7.59. The molecular formula is C23H24N4O7. The summed E-state index contributed by atoms with van der Waals surface area (Å²) in [6, 6.07) is 8.42. The molecule has 0 saturated carbocycles. The van der Waals surface area contributed by atoms with Crippen LogP contribution >= 0.6 is 0 Å². The first-order valence-corrected chi connectivity index (χ1v) is 10.8. The minimum Gasteiger partial charge on any atom is -0.449 e. The molecular weight excluding hydrogens is 444 g/mol. The van der Waals surface area contributed by atoms with Crippen LogP contribution in [0.25, 0.3) is 0 Å². The minimum absolute atomic E-state index is 0.0961. The van der Waals surface area contributed by atoms with Gasteiger partial charge in [-0.15, -0.1) is 0 Å². The lowest BCUT2D eigenvalue weighted by Gasteiger charge is -2.40. The van der Waals surface area contributed by atoms with Crippen molar-refractivity contribution in [2.45, 2.75) is 31.3 Å². The highest BCUT2D eigenvalue weighted by Gasteiger charge is 2.78. The number of amides is 2. The molecule has 0 aromatic heterocycles. The van der Waals surface area contributed by atoms with Crippen molar-refractivity contribution in [2.24, 2.45) is 17.4 Å². The average Bonchev–Trinajstić information content (AvgIpc) is 3.34. The zero-order chi connectivity index (χ0) is 24.4.